The molecule has 0 bridgehead atoms. The SMILES string of the molecule is Nc1nc2c(F)cccc2n1C1CCN(C2CC2)C1. The Labute approximate surface area is 111 Å². The first-order valence-electron chi connectivity index (χ1n) is 6.90. The highest BCUT2D eigenvalue weighted by Crippen LogP contribution is 2.36. The molecule has 1 aliphatic carbocycles. The van der Waals surface area contributed by atoms with Crippen LogP contribution in [0.5, 0.6) is 0 Å². The Balaban J connectivity index is 1.74. The molecule has 2 heterocycles. The first-order chi connectivity index (χ1) is 9.24. The molecule has 0 radical (unpaired) electrons. The van der Waals surface area contributed by atoms with Crippen LogP contribution in [0.25, 0.3) is 11.0 Å². The van der Waals surface area contributed by atoms with Crippen LogP contribution < -0.4 is 5.73 Å². The van der Waals surface area contributed by atoms with E-state index in [1.807, 2.05) is 10.6 Å². The molecule has 0 spiro atoms. The molecule has 2 fully saturated rings. The topological polar surface area (TPSA) is 47.1 Å². The van der Waals surface area contributed by atoms with Crippen LogP contribution in [0.15, 0.2) is 18.2 Å². The Morgan fingerprint density at radius 2 is 2.05 bits per heavy atom. The van der Waals surface area contributed by atoms with E-state index in [1.54, 1.807) is 6.07 Å². The van der Waals surface area contributed by atoms with E-state index in [-0.39, 0.29) is 5.82 Å². The van der Waals surface area contributed by atoms with Gasteiger partial charge in [-0.2, -0.15) is 0 Å². The van der Waals surface area contributed by atoms with Gasteiger partial charge in [-0.25, -0.2) is 9.37 Å². The van der Waals surface area contributed by atoms with Gasteiger partial charge < -0.3 is 10.3 Å². The number of anilines is 1. The number of nitrogen functional groups attached to an aromatic ring is 1. The third kappa shape index (κ3) is 1.72. The van der Waals surface area contributed by atoms with Crippen LogP contribution in [0.2, 0.25) is 0 Å². The van der Waals surface area contributed by atoms with Crippen LogP contribution in [-0.2, 0) is 0 Å². The summed E-state index contributed by atoms with van der Waals surface area (Å²) in [6, 6.07) is 6.17. The number of imidazole rings is 1. The average Bonchev–Trinajstić information content (AvgIpc) is 3.03. The van der Waals surface area contributed by atoms with Gasteiger partial charge in [0, 0.05) is 19.1 Å². The van der Waals surface area contributed by atoms with Crippen molar-refractivity contribution in [1.29, 1.82) is 0 Å². The summed E-state index contributed by atoms with van der Waals surface area (Å²) in [5, 5.41) is 0. The summed E-state index contributed by atoms with van der Waals surface area (Å²) in [5.41, 5.74) is 7.22. The van der Waals surface area contributed by atoms with Crippen molar-refractivity contribution < 1.29 is 4.39 Å². The van der Waals surface area contributed by atoms with Crippen molar-refractivity contribution in [2.75, 3.05) is 18.8 Å². The summed E-state index contributed by atoms with van der Waals surface area (Å²) >= 11 is 0. The second kappa shape index (κ2) is 3.93. The fraction of sp³-hybridized carbons (Fsp3) is 0.500. The van der Waals surface area contributed by atoms with Crippen molar-refractivity contribution in [1.82, 2.24) is 14.5 Å². The van der Waals surface area contributed by atoms with Crippen molar-refractivity contribution >= 4 is 17.0 Å². The lowest BCUT2D eigenvalue weighted by Gasteiger charge is -2.17. The van der Waals surface area contributed by atoms with E-state index in [0.717, 1.165) is 31.1 Å². The molecule has 5 heteroatoms. The summed E-state index contributed by atoms with van der Waals surface area (Å²) in [7, 11) is 0. The lowest BCUT2D eigenvalue weighted by molar-refractivity contribution is 0.315. The number of likely N-dealkylation sites (tertiary alicyclic amines) is 1. The van der Waals surface area contributed by atoms with Crippen LogP contribution in [0.4, 0.5) is 10.3 Å². The number of fused-ring (bicyclic) bond motifs is 1. The van der Waals surface area contributed by atoms with Gasteiger partial charge in [0.15, 0.2) is 5.82 Å². The molecule has 1 atom stereocenters. The third-order valence-electron chi connectivity index (χ3n) is 4.32. The van der Waals surface area contributed by atoms with Gasteiger partial charge in [0.2, 0.25) is 5.95 Å². The number of hydrogen-bond donors (Lipinski definition) is 1. The molecule has 19 heavy (non-hydrogen) atoms. The van der Waals surface area contributed by atoms with Crippen molar-refractivity contribution in [3.8, 4) is 0 Å². The number of halogens is 1. The van der Waals surface area contributed by atoms with E-state index in [4.69, 9.17) is 5.73 Å². The monoisotopic (exact) mass is 260 g/mol. The Morgan fingerprint density at radius 3 is 2.84 bits per heavy atom. The summed E-state index contributed by atoms with van der Waals surface area (Å²) < 4.78 is 15.8. The van der Waals surface area contributed by atoms with Crippen molar-refractivity contribution in [2.45, 2.75) is 31.3 Å². The number of nitrogens with two attached hydrogens (primary N) is 1. The number of hydrogen-bond acceptors (Lipinski definition) is 3. The normalized spacial score (nSPS) is 24.4. The fourth-order valence-electron chi connectivity index (χ4n) is 3.23. The van der Waals surface area contributed by atoms with Gasteiger partial charge >= 0.3 is 0 Å². The molecule has 1 aromatic heterocycles. The fourth-order valence-corrected chi connectivity index (χ4v) is 3.23. The van der Waals surface area contributed by atoms with Crippen molar-refractivity contribution in [3.63, 3.8) is 0 Å². The lowest BCUT2D eigenvalue weighted by Crippen LogP contribution is -2.24. The van der Waals surface area contributed by atoms with E-state index < -0.39 is 0 Å². The van der Waals surface area contributed by atoms with Gasteiger partial charge in [0.25, 0.3) is 0 Å². The zero-order chi connectivity index (χ0) is 13.0. The highest BCUT2D eigenvalue weighted by atomic mass is 19.1. The van der Waals surface area contributed by atoms with E-state index in [2.05, 4.69) is 9.88 Å². The lowest BCUT2D eigenvalue weighted by atomic mass is 10.2. The molecule has 0 amide bonds. The quantitative estimate of drug-likeness (QED) is 0.900. The van der Waals surface area contributed by atoms with Crippen molar-refractivity contribution in [2.24, 2.45) is 0 Å². The molecule has 100 valence electrons. The summed E-state index contributed by atoms with van der Waals surface area (Å²) in [4.78, 5) is 6.71. The molecule has 4 nitrogen and oxygen atoms in total. The maximum atomic E-state index is 13.7. The number of aromatic nitrogens is 2. The van der Waals surface area contributed by atoms with Crippen LogP contribution in [0.1, 0.15) is 25.3 Å². The molecule has 1 aliphatic heterocycles. The van der Waals surface area contributed by atoms with Crippen LogP contribution in [0, 0.1) is 5.82 Å². The molecular formula is C14H17FN4. The first-order valence-corrected chi connectivity index (χ1v) is 6.90. The minimum atomic E-state index is -0.292. The van der Waals surface area contributed by atoms with E-state index >= 15 is 0 Å². The van der Waals surface area contributed by atoms with E-state index in [0.29, 0.717) is 17.5 Å². The largest absolute Gasteiger partial charge is 0.369 e. The maximum absolute atomic E-state index is 13.7. The molecule has 1 unspecified atom stereocenters. The molecule has 2 aromatic rings. The molecule has 4 rings (SSSR count). The van der Waals surface area contributed by atoms with Gasteiger partial charge in [0.1, 0.15) is 5.52 Å². The van der Waals surface area contributed by atoms with Gasteiger partial charge in [-0.15, -0.1) is 0 Å². The predicted molar refractivity (Wildman–Crippen MR) is 72.4 cm³/mol. The number of rotatable bonds is 2. The number of benzene rings is 1. The summed E-state index contributed by atoms with van der Waals surface area (Å²) in [6.45, 7) is 2.13. The van der Waals surface area contributed by atoms with Gasteiger partial charge in [-0.1, -0.05) is 6.07 Å². The molecular weight excluding hydrogens is 243 g/mol. The van der Waals surface area contributed by atoms with Crippen LogP contribution in [-0.4, -0.2) is 33.6 Å². The Bertz CT molecular complexity index is 632. The summed E-state index contributed by atoms with van der Waals surface area (Å²) in [5.74, 6) is 0.141. The second-order valence-electron chi connectivity index (χ2n) is 5.62. The molecule has 2 N–H and O–H groups in total. The Morgan fingerprint density at radius 1 is 1.21 bits per heavy atom. The smallest absolute Gasteiger partial charge is 0.201 e. The zero-order valence-corrected chi connectivity index (χ0v) is 10.7. The molecule has 2 aliphatic rings. The van der Waals surface area contributed by atoms with Crippen LogP contribution >= 0.6 is 0 Å². The van der Waals surface area contributed by atoms with Gasteiger partial charge in [-0.05, 0) is 31.4 Å². The minimum Gasteiger partial charge on any atom is -0.369 e. The van der Waals surface area contributed by atoms with E-state index in [9.17, 15) is 4.39 Å². The number of para-hydroxylation sites is 1. The third-order valence-corrected chi connectivity index (χ3v) is 4.32. The zero-order valence-electron chi connectivity index (χ0n) is 10.7. The van der Waals surface area contributed by atoms with E-state index in [1.165, 1.54) is 18.9 Å². The molecule has 1 saturated heterocycles. The van der Waals surface area contributed by atoms with Crippen molar-refractivity contribution in [3.05, 3.63) is 24.0 Å². The minimum absolute atomic E-state index is 0.292. The van der Waals surface area contributed by atoms with Crippen LogP contribution in [0.3, 0.4) is 0 Å². The maximum Gasteiger partial charge on any atom is 0.201 e. The molecule has 1 aromatic carbocycles. The summed E-state index contributed by atoms with van der Waals surface area (Å²) in [6.07, 6.45) is 3.71. The van der Waals surface area contributed by atoms with Gasteiger partial charge in [0.05, 0.1) is 11.6 Å². The number of nitrogens with zero attached hydrogens (tertiary/aromatic N) is 3. The highest BCUT2D eigenvalue weighted by Gasteiger charge is 2.35. The Hall–Kier alpha value is -1.62. The second-order valence-corrected chi connectivity index (χ2v) is 5.62. The Kier molecular flexibility index (Phi) is 2.33. The highest BCUT2D eigenvalue weighted by molar-refractivity contribution is 5.79. The average molecular weight is 260 g/mol. The van der Waals surface area contributed by atoms with Gasteiger partial charge in [-0.3, -0.25) is 4.90 Å². The standard InChI is InChI=1S/C14H17FN4/c15-11-2-1-3-12-13(11)17-14(16)19(12)10-6-7-18(8-10)9-4-5-9/h1-3,9-10H,4-8H2,(H2,16,17). The predicted octanol–water partition coefficient (Wildman–Crippen LogP) is 2.17. The first kappa shape index (κ1) is 11.2. The molecule has 1 saturated carbocycles.